The second kappa shape index (κ2) is 8.31. The fourth-order valence-electron chi connectivity index (χ4n) is 4.75. The molecule has 0 saturated carbocycles. The third-order valence-corrected chi connectivity index (χ3v) is 6.90. The number of nitrogens with two attached hydrogens (primary N) is 1. The van der Waals surface area contributed by atoms with Gasteiger partial charge in [-0.25, -0.2) is 8.78 Å². The topological polar surface area (TPSA) is 112 Å². The summed E-state index contributed by atoms with van der Waals surface area (Å²) >= 11 is 6.24. The molecule has 1 amide bonds. The molecule has 184 valence electrons. The highest BCUT2D eigenvalue weighted by Crippen LogP contribution is 2.44. The monoisotopic (exact) mass is 517 g/mol. The summed E-state index contributed by atoms with van der Waals surface area (Å²) in [5.74, 6) is -1.71. The van der Waals surface area contributed by atoms with E-state index in [0.717, 1.165) is 6.07 Å². The van der Waals surface area contributed by atoms with E-state index in [0.29, 0.717) is 32.7 Å². The van der Waals surface area contributed by atoms with Crippen LogP contribution in [0.15, 0.2) is 60.9 Å². The largest absolute Gasteiger partial charge is 0.383 e. The van der Waals surface area contributed by atoms with Crippen LogP contribution in [0.25, 0.3) is 16.9 Å². The summed E-state index contributed by atoms with van der Waals surface area (Å²) in [4.78, 5) is 26.2. The van der Waals surface area contributed by atoms with Crippen LogP contribution in [0.3, 0.4) is 0 Å². The fraction of sp³-hybridized carbons (Fsp3) is 0.115. The van der Waals surface area contributed by atoms with E-state index >= 15 is 0 Å². The Labute approximate surface area is 214 Å². The molecular weight excluding hydrogens is 500 g/mol. The molecule has 1 atom stereocenters. The Balaban J connectivity index is 1.50. The number of pyridine rings is 1. The first-order valence-electron chi connectivity index (χ1n) is 11.3. The molecule has 0 saturated heterocycles. The van der Waals surface area contributed by atoms with Crippen molar-refractivity contribution < 1.29 is 13.6 Å². The van der Waals surface area contributed by atoms with E-state index in [1.165, 1.54) is 16.8 Å². The number of carbonyl (C=O) groups excluding carboxylic acids is 1. The van der Waals surface area contributed by atoms with Crippen LogP contribution in [-0.4, -0.2) is 30.6 Å². The summed E-state index contributed by atoms with van der Waals surface area (Å²) in [7, 11) is 0. The fourth-order valence-corrected chi connectivity index (χ4v) is 4.92. The molecule has 11 heteroatoms. The normalized spacial score (nSPS) is 16.7. The van der Waals surface area contributed by atoms with E-state index in [2.05, 4.69) is 25.4 Å². The van der Waals surface area contributed by atoms with Gasteiger partial charge in [-0.3, -0.25) is 9.78 Å². The van der Waals surface area contributed by atoms with Gasteiger partial charge in [-0.2, -0.15) is 19.7 Å². The number of anilines is 2. The van der Waals surface area contributed by atoms with Crippen molar-refractivity contribution in [2.75, 3.05) is 11.1 Å². The Morgan fingerprint density at radius 1 is 1.11 bits per heavy atom. The van der Waals surface area contributed by atoms with Gasteiger partial charge in [0.15, 0.2) is 11.6 Å². The van der Waals surface area contributed by atoms with Crippen LogP contribution in [-0.2, 0) is 16.6 Å². The Bertz CT molecular complexity index is 1720. The molecule has 6 rings (SSSR count). The Kier molecular flexibility index (Phi) is 5.16. The van der Waals surface area contributed by atoms with Crippen molar-refractivity contribution in [3.63, 3.8) is 0 Å². The minimum atomic E-state index is -1.11. The summed E-state index contributed by atoms with van der Waals surface area (Å²) in [6.07, 6.45) is 3.20. The zero-order valence-corrected chi connectivity index (χ0v) is 20.1. The van der Waals surface area contributed by atoms with E-state index in [1.807, 2.05) is 0 Å². The van der Waals surface area contributed by atoms with Crippen molar-refractivity contribution in [1.29, 1.82) is 0 Å². The van der Waals surface area contributed by atoms with E-state index in [-0.39, 0.29) is 35.5 Å². The molecule has 2 aromatic carbocycles. The second-order valence-corrected chi connectivity index (χ2v) is 9.29. The van der Waals surface area contributed by atoms with Crippen LogP contribution in [0.2, 0.25) is 5.02 Å². The molecule has 3 aromatic heterocycles. The molecule has 1 aliphatic rings. The summed E-state index contributed by atoms with van der Waals surface area (Å²) in [5, 5.41) is 8.49. The zero-order valence-electron chi connectivity index (χ0n) is 19.3. The van der Waals surface area contributed by atoms with Crippen molar-refractivity contribution in [2.45, 2.75) is 18.8 Å². The van der Waals surface area contributed by atoms with E-state index in [1.54, 1.807) is 49.6 Å². The number of halogens is 3. The minimum Gasteiger partial charge on any atom is -0.383 e. The molecule has 5 aromatic rings. The Morgan fingerprint density at radius 2 is 1.89 bits per heavy atom. The first kappa shape index (κ1) is 23.0. The van der Waals surface area contributed by atoms with Crippen LogP contribution >= 0.6 is 11.6 Å². The maximum absolute atomic E-state index is 14.4. The quantitative estimate of drug-likeness (QED) is 0.361. The molecule has 0 bridgehead atoms. The van der Waals surface area contributed by atoms with Crippen molar-refractivity contribution in [1.82, 2.24) is 24.7 Å². The predicted molar refractivity (Wildman–Crippen MR) is 135 cm³/mol. The molecule has 0 spiro atoms. The van der Waals surface area contributed by atoms with Gasteiger partial charge in [0, 0.05) is 29.2 Å². The molecule has 37 heavy (non-hydrogen) atoms. The third-order valence-electron chi connectivity index (χ3n) is 6.67. The van der Waals surface area contributed by atoms with Crippen molar-refractivity contribution >= 4 is 40.0 Å². The number of amides is 1. The molecule has 4 heterocycles. The number of hydrogen-bond donors (Lipinski definition) is 2. The van der Waals surface area contributed by atoms with Gasteiger partial charge in [0.05, 0.1) is 16.8 Å². The first-order valence-corrected chi connectivity index (χ1v) is 11.7. The molecule has 0 aliphatic carbocycles. The maximum Gasteiger partial charge on any atom is 0.255 e. The van der Waals surface area contributed by atoms with Gasteiger partial charge in [-0.05, 0) is 54.4 Å². The summed E-state index contributed by atoms with van der Waals surface area (Å²) in [6, 6.07) is 12.6. The van der Waals surface area contributed by atoms with Crippen LogP contribution in [0.5, 0.6) is 0 Å². The van der Waals surface area contributed by atoms with Gasteiger partial charge in [0.2, 0.25) is 5.91 Å². The number of nitrogens with zero attached hydrogens (tertiary/aromatic N) is 5. The van der Waals surface area contributed by atoms with Crippen molar-refractivity contribution in [3.8, 4) is 5.95 Å². The number of nitrogen functional groups attached to an aromatic ring is 1. The Morgan fingerprint density at radius 3 is 2.68 bits per heavy atom. The predicted octanol–water partition coefficient (Wildman–Crippen LogP) is 4.57. The lowest BCUT2D eigenvalue weighted by Gasteiger charge is -2.23. The molecule has 0 fully saturated rings. The zero-order chi connectivity index (χ0) is 25.9. The van der Waals surface area contributed by atoms with Crippen LogP contribution in [0.1, 0.15) is 29.3 Å². The second-order valence-electron chi connectivity index (χ2n) is 8.86. The van der Waals surface area contributed by atoms with Crippen molar-refractivity contribution in [3.05, 3.63) is 100.0 Å². The Hall–Kier alpha value is -4.44. The molecule has 1 aliphatic heterocycles. The highest BCUT2D eigenvalue weighted by molar-refractivity contribution is 6.31. The number of nitrogens with one attached hydrogen (secondary N) is 1. The standard InChI is InChI=1S/C26H18ClF2N7O/c1-26(14-7-9-31-10-8-14)20-22(30)32-25(34-23(20)33-24(26)37)36-19-6-5-15(27)12-16(19)18(35-36)11-13-3-2-4-17(28)21(13)29/h2-10,12H,11H2,1H3,(H3,30,32,33,34,37). The molecule has 8 nitrogen and oxygen atoms in total. The minimum absolute atomic E-state index is 0.00467. The number of carbonyl (C=O) groups is 1. The van der Waals surface area contributed by atoms with Gasteiger partial charge >= 0.3 is 0 Å². The van der Waals surface area contributed by atoms with Crippen LogP contribution in [0, 0.1) is 11.6 Å². The third kappa shape index (κ3) is 3.52. The van der Waals surface area contributed by atoms with Gasteiger partial charge < -0.3 is 11.1 Å². The van der Waals surface area contributed by atoms with Gasteiger partial charge in [0.1, 0.15) is 17.1 Å². The number of fused-ring (bicyclic) bond motifs is 2. The first-order chi connectivity index (χ1) is 17.8. The lowest BCUT2D eigenvalue weighted by Crippen LogP contribution is -2.33. The summed E-state index contributed by atoms with van der Waals surface area (Å²) in [6.45, 7) is 1.75. The number of hydrogen-bond acceptors (Lipinski definition) is 6. The molecular formula is C26H18ClF2N7O. The summed E-state index contributed by atoms with van der Waals surface area (Å²) < 4.78 is 29.7. The average Bonchev–Trinajstić information content (AvgIpc) is 3.37. The van der Waals surface area contributed by atoms with Gasteiger partial charge in [-0.1, -0.05) is 23.7 Å². The van der Waals surface area contributed by atoms with Crippen LogP contribution in [0.4, 0.5) is 20.4 Å². The van der Waals surface area contributed by atoms with E-state index < -0.39 is 17.0 Å². The van der Waals surface area contributed by atoms with Crippen LogP contribution < -0.4 is 11.1 Å². The average molecular weight is 518 g/mol. The SMILES string of the molecule is CC1(c2ccncc2)C(=O)Nc2nc(-n3nc(Cc4cccc(F)c4F)c4cc(Cl)ccc43)nc(N)c21. The number of benzene rings is 2. The lowest BCUT2D eigenvalue weighted by molar-refractivity contribution is -0.119. The highest BCUT2D eigenvalue weighted by Gasteiger charge is 2.47. The molecule has 3 N–H and O–H groups in total. The lowest BCUT2D eigenvalue weighted by atomic mass is 9.78. The maximum atomic E-state index is 14.4. The van der Waals surface area contributed by atoms with Gasteiger partial charge in [-0.15, -0.1) is 0 Å². The van der Waals surface area contributed by atoms with Crippen molar-refractivity contribution in [2.24, 2.45) is 0 Å². The highest BCUT2D eigenvalue weighted by atomic mass is 35.5. The molecule has 0 radical (unpaired) electrons. The van der Waals surface area contributed by atoms with E-state index in [4.69, 9.17) is 17.3 Å². The molecule has 1 unspecified atom stereocenters. The number of rotatable bonds is 4. The summed E-state index contributed by atoms with van der Waals surface area (Å²) in [5.41, 5.74) is 7.61. The smallest absolute Gasteiger partial charge is 0.255 e. The van der Waals surface area contributed by atoms with E-state index in [9.17, 15) is 13.6 Å². The van der Waals surface area contributed by atoms with Gasteiger partial charge in [0.25, 0.3) is 5.95 Å². The number of aromatic nitrogens is 5.